The topological polar surface area (TPSA) is 175 Å². The number of unbranched alkanes of at least 4 members (excludes halogenated alkanes) is 29. The van der Waals surface area contributed by atoms with Gasteiger partial charge in [0.2, 0.25) is 0 Å². The number of carboxylic acids is 1. The Morgan fingerprint density at radius 2 is 0.759 bits per heavy atom. The van der Waals surface area contributed by atoms with Crippen molar-refractivity contribution in [3.8, 4) is 0 Å². The first-order chi connectivity index (χ1) is 40.6. The molecule has 1 rings (SSSR count). The van der Waals surface area contributed by atoms with Gasteiger partial charge in [-0.3, -0.25) is 14.4 Å². The molecule has 1 aliphatic rings. The number of aliphatic hydroxyl groups is 2. The first-order valence-corrected chi connectivity index (χ1v) is 33.6. The zero-order valence-corrected chi connectivity index (χ0v) is 52.7. The van der Waals surface area contributed by atoms with E-state index >= 15 is 0 Å². The van der Waals surface area contributed by atoms with Crippen molar-refractivity contribution in [2.24, 2.45) is 0 Å². The van der Waals surface area contributed by atoms with E-state index in [4.69, 9.17) is 23.7 Å². The van der Waals surface area contributed by atoms with Crippen LogP contribution in [0.3, 0.4) is 0 Å². The minimum atomic E-state index is -1.91. The molecule has 0 radical (unpaired) electrons. The van der Waals surface area contributed by atoms with E-state index < -0.39 is 67.3 Å². The van der Waals surface area contributed by atoms with Crippen molar-refractivity contribution in [2.45, 2.75) is 327 Å². The zero-order valence-electron chi connectivity index (χ0n) is 52.7. The van der Waals surface area contributed by atoms with Gasteiger partial charge in [-0.15, -0.1) is 0 Å². The van der Waals surface area contributed by atoms with E-state index in [9.17, 15) is 34.5 Å². The zero-order chi connectivity index (χ0) is 60.3. The van der Waals surface area contributed by atoms with Crippen LogP contribution in [0.25, 0.3) is 0 Å². The first kappa shape index (κ1) is 76.9. The van der Waals surface area contributed by atoms with Crippen LogP contribution >= 0.6 is 0 Å². The normalized spacial score (nSPS) is 18.1. The van der Waals surface area contributed by atoms with Gasteiger partial charge in [0.25, 0.3) is 0 Å². The summed E-state index contributed by atoms with van der Waals surface area (Å²) >= 11 is 0. The van der Waals surface area contributed by atoms with Crippen LogP contribution in [0.15, 0.2) is 85.1 Å². The summed E-state index contributed by atoms with van der Waals surface area (Å²) in [5.74, 6) is -3.13. The Bertz CT molecular complexity index is 1760. The van der Waals surface area contributed by atoms with E-state index in [1.165, 1.54) is 83.5 Å². The summed E-state index contributed by atoms with van der Waals surface area (Å²) in [7, 11) is 0. The quantitative estimate of drug-likeness (QED) is 0.0228. The molecule has 12 nitrogen and oxygen atoms in total. The van der Waals surface area contributed by atoms with E-state index in [1.807, 2.05) is 0 Å². The lowest BCUT2D eigenvalue weighted by Gasteiger charge is -2.40. The number of allylic oxidation sites excluding steroid dienone is 14. The van der Waals surface area contributed by atoms with Crippen LogP contribution in [-0.4, -0.2) is 89.2 Å². The molecule has 476 valence electrons. The van der Waals surface area contributed by atoms with Crippen molar-refractivity contribution in [3.63, 3.8) is 0 Å². The predicted octanol–water partition coefficient (Wildman–Crippen LogP) is 18.2. The fourth-order valence-electron chi connectivity index (χ4n) is 9.90. The summed E-state index contributed by atoms with van der Waals surface area (Å²) in [6.07, 6.45) is 63.9. The number of hydrogen-bond acceptors (Lipinski definition) is 11. The highest BCUT2D eigenvalue weighted by Crippen LogP contribution is 2.27. The molecule has 0 aliphatic carbocycles. The van der Waals surface area contributed by atoms with Gasteiger partial charge in [0.15, 0.2) is 24.6 Å². The second-order valence-corrected chi connectivity index (χ2v) is 22.7. The number of carboxylic acid groups (broad SMARTS) is 1. The van der Waals surface area contributed by atoms with E-state index in [1.54, 1.807) is 0 Å². The minimum Gasteiger partial charge on any atom is -0.479 e. The van der Waals surface area contributed by atoms with Crippen LogP contribution in [0, 0.1) is 0 Å². The van der Waals surface area contributed by atoms with Crippen molar-refractivity contribution in [1.82, 2.24) is 0 Å². The molecule has 0 aromatic carbocycles. The number of rotatable bonds is 57. The second-order valence-electron chi connectivity index (χ2n) is 22.7. The minimum absolute atomic E-state index is 0.0464. The number of ether oxygens (including phenoxy) is 5. The van der Waals surface area contributed by atoms with Gasteiger partial charge in [0, 0.05) is 19.3 Å². The lowest BCUT2D eigenvalue weighted by molar-refractivity contribution is -0.301. The average molecular weight is 1170 g/mol. The fraction of sp³-hybridized carbons (Fsp3) is 0.746. The molecule has 6 unspecified atom stereocenters. The Kier molecular flexibility index (Phi) is 54.0. The molecule has 1 aliphatic heterocycles. The van der Waals surface area contributed by atoms with Gasteiger partial charge in [-0.05, 0) is 89.9 Å². The molecule has 1 fully saturated rings. The smallest absolute Gasteiger partial charge is 0.335 e. The molecule has 0 spiro atoms. The maximum Gasteiger partial charge on any atom is 0.335 e. The molecule has 12 heteroatoms. The van der Waals surface area contributed by atoms with Crippen LogP contribution in [0.2, 0.25) is 0 Å². The van der Waals surface area contributed by atoms with Gasteiger partial charge in [-0.2, -0.15) is 0 Å². The average Bonchev–Trinajstić information content (AvgIpc) is 3.59. The van der Waals surface area contributed by atoms with Gasteiger partial charge >= 0.3 is 23.9 Å². The Hall–Kier alpha value is -4.10. The van der Waals surface area contributed by atoms with Gasteiger partial charge in [0.1, 0.15) is 18.8 Å². The van der Waals surface area contributed by atoms with E-state index in [0.717, 1.165) is 148 Å². The maximum absolute atomic E-state index is 13.2. The Morgan fingerprint density at radius 3 is 1.16 bits per heavy atom. The summed E-state index contributed by atoms with van der Waals surface area (Å²) in [6.45, 7) is 5.80. The summed E-state index contributed by atoms with van der Waals surface area (Å²) in [6, 6.07) is 0. The second kappa shape index (κ2) is 58.3. The van der Waals surface area contributed by atoms with Gasteiger partial charge in [-0.25, -0.2) is 4.79 Å². The molecule has 83 heavy (non-hydrogen) atoms. The lowest BCUT2D eigenvalue weighted by atomic mass is 9.98. The van der Waals surface area contributed by atoms with Gasteiger partial charge in [0.05, 0.1) is 6.61 Å². The van der Waals surface area contributed by atoms with Crippen LogP contribution < -0.4 is 0 Å². The number of carbonyl (C=O) groups is 4. The monoisotopic (exact) mass is 1160 g/mol. The number of aliphatic carboxylic acids is 1. The van der Waals surface area contributed by atoms with Crippen molar-refractivity contribution in [2.75, 3.05) is 13.2 Å². The maximum atomic E-state index is 13.2. The largest absolute Gasteiger partial charge is 0.479 e. The summed E-state index contributed by atoms with van der Waals surface area (Å²) in [5, 5.41) is 31.6. The molecule has 1 heterocycles. The molecule has 0 saturated carbocycles. The van der Waals surface area contributed by atoms with Crippen molar-refractivity contribution in [3.05, 3.63) is 85.1 Å². The highest BCUT2D eigenvalue weighted by atomic mass is 16.7. The van der Waals surface area contributed by atoms with Crippen LogP contribution in [0.1, 0.15) is 290 Å². The molecule has 0 aromatic rings. The number of aliphatic hydroxyl groups excluding tert-OH is 2. The van der Waals surface area contributed by atoms with Crippen molar-refractivity contribution < 1.29 is 58.2 Å². The third kappa shape index (κ3) is 47.8. The highest BCUT2D eigenvalue weighted by Gasteiger charge is 2.50. The molecule has 6 atom stereocenters. The Labute approximate surface area is 505 Å². The van der Waals surface area contributed by atoms with E-state index in [2.05, 4.69) is 106 Å². The fourth-order valence-corrected chi connectivity index (χ4v) is 9.90. The highest BCUT2D eigenvalue weighted by molar-refractivity contribution is 5.74. The number of hydrogen-bond donors (Lipinski definition) is 3. The first-order valence-electron chi connectivity index (χ1n) is 33.6. The molecular weight excluding hydrogens is 1040 g/mol. The van der Waals surface area contributed by atoms with Gasteiger partial charge < -0.3 is 39.0 Å². The summed E-state index contributed by atoms with van der Waals surface area (Å²) < 4.78 is 28.6. The Balaban J connectivity index is 2.66. The molecule has 0 bridgehead atoms. The molecular formula is C71H120O12. The Morgan fingerprint density at radius 1 is 0.410 bits per heavy atom. The van der Waals surface area contributed by atoms with Crippen LogP contribution in [-0.2, 0) is 42.9 Å². The molecule has 0 amide bonds. The third-order valence-corrected chi connectivity index (χ3v) is 15.0. The molecule has 1 saturated heterocycles. The van der Waals surface area contributed by atoms with E-state index in [-0.39, 0.29) is 25.9 Å². The lowest BCUT2D eigenvalue weighted by Crippen LogP contribution is -2.61. The van der Waals surface area contributed by atoms with Gasteiger partial charge in [-0.1, -0.05) is 266 Å². The van der Waals surface area contributed by atoms with E-state index in [0.29, 0.717) is 19.3 Å². The summed E-state index contributed by atoms with van der Waals surface area (Å²) in [4.78, 5) is 51.4. The SMILES string of the molecule is CC/C=C\C/C=C\C/C=C\C/C=C\CCCCCCCCC(=O)OCC(COC1OC(C(=O)O)C(O)C(O)C1OC(=O)CCCCCCCCC/C=C\C/C=C\C/C=C\CC)OC(=O)CCCCCCCCCCCCCCCCCCC. The van der Waals surface area contributed by atoms with Crippen LogP contribution in [0.5, 0.6) is 0 Å². The molecule has 0 aromatic heterocycles. The van der Waals surface area contributed by atoms with Crippen molar-refractivity contribution in [1.29, 1.82) is 0 Å². The third-order valence-electron chi connectivity index (χ3n) is 15.0. The molecule has 3 N–H and O–H groups in total. The van der Waals surface area contributed by atoms with Crippen LogP contribution in [0.4, 0.5) is 0 Å². The number of esters is 3. The van der Waals surface area contributed by atoms with Crippen molar-refractivity contribution >= 4 is 23.9 Å². The predicted molar refractivity (Wildman–Crippen MR) is 340 cm³/mol. The number of carbonyl (C=O) groups excluding carboxylic acids is 3. The standard InChI is InChI=1S/C71H120O12/c1-4-7-10-13-16-19-22-25-28-31-32-35-36-39-42-45-48-51-54-57-63(72)79-60-62(81-64(73)58-55-52-49-46-43-40-37-33-29-26-23-20-17-14-11-8-5-2)61-80-71-69(67(76)66(75)68(83-71)70(77)78)82-65(74)59-56-53-50-47-44-41-38-34-30-27-24-21-18-15-12-9-6-3/h7,9-10,12,16,18-19,21,25,27-28,30,32,35,62,66-69,71,75-76H,4-6,8,11,13-15,17,20,22-24,26,29,31,33-34,36-61H2,1-3H3,(H,77,78)/b10-7-,12-9-,19-16-,21-18-,28-25-,30-27-,35-32-. The summed E-state index contributed by atoms with van der Waals surface area (Å²) in [5.41, 5.74) is 0.